The summed E-state index contributed by atoms with van der Waals surface area (Å²) in [4.78, 5) is 30.3. The smallest absolute Gasteiger partial charge is 0.323 e. The van der Waals surface area contributed by atoms with E-state index in [0.717, 1.165) is 29.4 Å². The van der Waals surface area contributed by atoms with E-state index in [4.69, 9.17) is 5.11 Å². The number of carboxylic acid groups (broad SMARTS) is 1. The van der Waals surface area contributed by atoms with Gasteiger partial charge in [-0.25, -0.2) is 0 Å². The van der Waals surface area contributed by atoms with Crippen molar-refractivity contribution >= 4 is 22.8 Å². The second-order valence-corrected chi connectivity index (χ2v) is 6.86. The molecule has 0 spiro atoms. The predicted molar refractivity (Wildman–Crippen MR) is 92.1 cm³/mol. The number of hydrogen-bond donors (Lipinski definition) is 1. The van der Waals surface area contributed by atoms with E-state index in [1.807, 2.05) is 44.2 Å². The molecular weight excluding hydrogens is 304 g/mol. The third kappa shape index (κ3) is 3.55. The fourth-order valence-electron chi connectivity index (χ4n) is 2.95. The largest absolute Gasteiger partial charge is 0.480 e. The first-order valence-electron chi connectivity index (χ1n) is 8.36. The van der Waals surface area contributed by atoms with Crippen LogP contribution in [-0.4, -0.2) is 40.0 Å². The molecule has 1 fully saturated rings. The lowest BCUT2D eigenvalue weighted by Crippen LogP contribution is -2.38. The van der Waals surface area contributed by atoms with E-state index in [9.17, 15) is 9.59 Å². The number of rotatable bonds is 6. The van der Waals surface area contributed by atoms with Crippen molar-refractivity contribution in [2.45, 2.75) is 32.6 Å². The summed E-state index contributed by atoms with van der Waals surface area (Å²) in [6, 6.07) is 9.42. The van der Waals surface area contributed by atoms with Gasteiger partial charge in [-0.2, -0.15) is 0 Å². The topological polar surface area (TPSA) is 70.5 Å². The van der Waals surface area contributed by atoms with E-state index < -0.39 is 5.97 Å². The number of carbonyl (C=O) groups excluding carboxylic acids is 1. The zero-order valence-electron chi connectivity index (χ0n) is 14.0. The van der Waals surface area contributed by atoms with Gasteiger partial charge in [0, 0.05) is 23.5 Å². The van der Waals surface area contributed by atoms with Crippen LogP contribution in [0.25, 0.3) is 10.9 Å². The molecule has 3 rings (SSSR count). The fraction of sp³-hybridized carbons (Fsp3) is 0.421. The van der Waals surface area contributed by atoms with Gasteiger partial charge in [0.05, 0.1) is 11.1 Å². The van der Waals surface area contributed by atoms with Crippen molar-refractivity contribution in [3.63, 3.8) is 0 Å². The average molecular weight is 326 g/mol. The Bertz CT molecular complexity index is 781. The van der Waals surface area contributed by atoms with Gasteiger partial charge in [-0.1, -0.05) is 32.0 Å². The minimum absolute atomic E-state index is 0.198. The third-order valence-corrected chi connectivity index (χ3v) is 4.16. The molecule has 1 aliphatic carbocycles. The lowest BCUT2D eigenvalue weighted by atomic mass is 10.0. The molecule has 0 unspecified atom stereocenters. The van der Waals surface area contributed by atoms with Crippen molar-refractivity contribution < 1.29 is 14.7 Å². The average Bonchev–Trinajstić information content (AvgIpc) is 3.36. The molecule has 5 heteroatoms. The molecule has 0 atom stereocenters. The number of benzene rings is 1. The monoisotopic (exact) mass is 326 g/mol. The number of fused-ring (bicyclic) bond motifs is 1. The van der Waals surface area contributed by atoms with Crippen molar-refractivity contribution in [2.24, 2.45) is 5.92 Å². The number of carboxylic acids is 1. The summed E-state index contributed by atoms with van der Waals surface area (Å²) in [7, 11) is 0. The molecule has 0 bridgehead atoms. The van der Waals surface area contributed by atoms with Crippen LogP contribution in [0.4, 0.5) is 0 Å². The van der Waals surface area contributed by atoms with Gasteiger partial charge in [-0.3, -0.25) is 14.6 Å². The van der Waals surface area contributed by atoms with Crippen LogP contribution in [0.1, 0.15) is 48.7 Å². The van der Waals surface area contributed by atoms with Gasteiger partial charge in [-0.05, 0) is 30.9 Å². The molecule has 1 heterocycles. The molecule has 1 aromatic carbocycles. The van der Waals surface area contributed by atoms with Crippen LogP contribution in [0.5, 0.6) is 0 Å². The second kappa shape index (κ2) is 6.59. The number of aromatic nitrogens is 1. The van der Waals surface area contributed by atoms with Gasteiger partial charge in [0.2, 0.25) is 0 Å². The normalized spacial score (nSPS) is 14.1. The maximum atomic E-state index is 13.1. The third-order valence-electron chi connectivity index (χ3n) is 4.16. The molecule has 1 aliphatic rings. The van der Waals surface area contributed by atoms with Crippen LogP contribution in [0.2, 0.25) is 0 Å². The maximum Gasteiger partial charge on any atom is 0.323 e. The fourth-order valence-corrected chi connectivity index (χ4v) is 2.95. The summed E-state index contributed by atoms with van der Waals surface area (Å²) in [6.45, 7) is 4.08. The Labute approximate surface area is 141 Å². The van der Waals surface area contributed by atoms with Crippen LogP contribution in [-0.2, 0) is 4.79 Å². The number of hydrogen-bond acceptors (Lipinski definition) is 3. The van der Waals surface area contributed by atoms with Gasteiger partial charge < -0.3 is 10.0 Å². The van der Waals surface area contributed by atoms with Gasteiger partial charge in [0.15, 0.2) is 0 Å². The van der Waals surface area contributed by atoms with Crippen LogP contribution in [0.15, 0.2) is 30.3 Å². The Hall–Kier alpha value is -2.43. The molecular formula is C19H22N2O3. The Balaban J connectivity index is 2.04. The molecule has 126 valence electrons. The van der Waals surface area contributed by atoms with Crippen LogP contribution < -0.4 is 0 Å². The summed E-state index contributed by atoms with van der Waals surface area (Å²) in [5.74, 6) is -0.597. The highest BCUT2D eigenvalue weighted by molar-refractivity contribution is 6.07. The highest BCUT2D eigenvalue weighted by Gasteiger charge is 2.28. The number of para-hydroxylation sites is 1. The zero-order valence-corrected chi connectivity index (χ0v) is 14.0. The number of nitrogens with zero attached hydrogens (tertiary/aromatic N) is 2. The molecule has 1 saturated carbocycles. The van der Waals surface area contributed by atoms with Gasteiger partial charge in [-0.15, -0.1) is 0 Å². The van der Waals surface area contributed by atoms with Crippen LogP contribution in [0.3, 0.4) is 0 Å². The van der Waals surface area contributed by atoms with Crippen molar-refractivity contribution in [3.05, 3.63) is 41.6 Å². The summed E-state index contributed by atoms with van der Waals surface area (Å²) < 4.78 is 0. The minimum Gasteiger partial charge on any atom is -0.480 e. The predicted octanol–water partition coefficient (Wildman–Crippen LogP) is 3.30. The second-order valence-electron chi connectivity index (χ2n) is 6.86. The Morgan fingerprint density at radius 1 is 1.29 bits per heavy atom. The van der Waals surface area contributed by atoms with E-state index in [2.05, 4.69) is 4.98 Å². The first-order valence-corrected chi connectivity index (χ1v) is 8.36. The molecule has 24 heavy (non-hydrogen) atoms. The van der Waals surface area contributed by atoms with E-state index in [-0.39, 0.29) is 18.4 Å². The van der Waals surface area contributed by atoms with Crippen molar-refractivity contribution in [1.82, 2.24) is 9.88 Å². The lowest BCUT2D eigenvalue weighted by Gasteiger charge is -2.23. The standard InChI is InChI=1S/C19H22N2O3/c1-12(2)10-21(11-18(22)23)19(24)15-9-17(13-7-8-13)20-16-6-4-3-5-14(15)16/h3-6,9,12-13H,7-8,10-11H2,1-2H3,(H,22,23). The number of carbonyl (C=O) groups is 2. The summed E-state index contributed by atoms with van der Waals surface area (Å²) in [6.07, 6.45) is 2.20. The highest BCUT2D eigenvalue weighted by atomic mass is 16.4. The van der Waals surface area contributed by atoms with Gasteiger partial charge >= 0.3 is 5.97 Å². The molecule has 2 aromatic rings. The minimum atomic E-state index is -0.996. The Morgan fingerprint density at radius 3 is 2.62 bits per heavy atom. The maximum absolute atomic E-state index is 13.1. The number of aliphatic carboxylic acids is 1. The first kappa shape index (κ1) is 16.4. The molecule has 0 radical (unpaired) electrons. The van der Waals surface area contributed by atoms with E-state index in [1.54, 1.807) is 0 Å². The van der Waals surface area contributed by atoms with E-state index in [0.29, 0.717) is 18.0 Å². The molecule has 1 aromatic heterocycles. The van der Waals surface area contributed by atoms with Crippen LogP contribution in [0, 0.1) is 5.92 Å². The van der Waals surface area contributed by atoms with Crippen molar-refractivity contribution in [2.75, 3.05) is 13.1 Å². The summed E-state index contributed by atoms with van der Waals surface area (Å²) in [5, 5.41) is 9.94. The summed E-state index contributed by atoms with van der Waals surface area (Å²) >= 11 is 0. The highest BCUT2D eigenvalue weighted by Crippen LogP contribution is 2.40. The summed E-state index contributed by atoms with van der Waals surface area (Å²) in [5.41, 5.74) is 2.30. The zero-order chi connectivity index (χ0) is 17.3. The molecule has 0 saturated heterocycles. The lowest BCUT2D eigenvalue weighted by molar-refractivity contribution is -0.137. The van der Waals surface area contributed by atoms with Crippen molar-refractivity contribution in [3.8, 4) is 0 Å². The van der Waals surface area contributed by atoms with Crippen molar-refractivity contribution in [1.29, 1.82) is 0 Å². The molecule has 0 aliphatic heterocycles. The Kier molecular flexibility index (Phi) is 4.51. The molecule has 1 amide bonds. The Morgan fingerprint density at radius 2 is 2.00 bits per heavy atom. The SMILES string of the molecule is CC(C)CN(CC(=O)O)C(=O)c1cc(C2CC2)nc2ccccc12. The molecule has 5 nitrogen and oxygen atoms in total. The van der Waals surface area contributed by atoms with E-state index in [1.165, 1.54) is 4.90 Å². The van der Waals surface area contributed by atoms with Crippen LogP contribution >= 0.6 is 0 Å². The number of amides is 1. The molecule has 1 N–H and O–H groups in total. The van der Waals surface area contributed by atoms with Gasteiger partial charge in [0.1, 0.15) is 6.54 Å². The number of pyridine rings is 1. The van der Waals surface area contributed by atoms with E-state index >= 15 is 0 Å². The quantitative estimate of drug-likeness (QED) is 0.884. The first-order chi connectivity index (χ1) is 11.5. The van der Waals surface area contributed by atoms with Gasteiger partial charge in [0.25, 0.3) is 5.91 Å².